The summed E-state index contributed by atoms with van der Waals surface area (Å²) < 4.78 is 1.15. The number of hydrogen-bond donors (Lipinski definition) is 2. The molecule has 0 aliphatic heterocycles. The zero-order valence-electron chi connectivity index (χ0n) is 9.33. The summed E-state index contributed by atoms with van der Waals surface area (Å²) >= 11 is 3.58. The minimum atomic E-state index is 0.329. The molecule has 0 radical (unpaired) electrons. The van der Waals surface area contributed by atoms with Gasteiger partial charge in [0.2, 0.25) is 0 Å². The number of nitrogens with two attached hydrogens (primary N) is 1. The number of benzene rings is 1. The van der Waals surface area contributed by atoms with Crippen LogP contribution in [0.15, 0.2) is 28.7 Å². The van der Waals surface area contributed by atoms with E-state index in [0.29, 0.717) is 18.5 Å². The van der Waals surface area contributed by atoms with E-state index in [1.54, 1.807) is 0 Å². The summed E-state index contributed by atoms with van der Waals surface area (Å²) in [6, 6.07) is 8.64. The van der Waals surface area contributed by atoms with E-state index in [9.17, 15) is 0 Å². The van der Waals surface area contributed by atoms with Gasteiger partial charge in [0.05, 0.1) is 0 Å². The van der Waals surface area contributed by atoms with Crippen molar-refractivity contribution in [2.24, 2.45) is 11.7 Å². The van der Waals surface area contributed by atoms with Crippen LogP contribution in [-0.4, -0.2) is 13.6 Å². The van der Waals surface area contributed by atoms with Crippen molar-refractivity contribution in [3.63, 3.8) is 0 Å². The van der Waals surface area contributed by atoms with Gasteiger partial charge >= 0.3 is 0 Å². The summed E-state index contributed by atoms with van der Waals surface area (Å²) in [5.41, 5.74) is 7.08. The topological polar surface area (TPSA) is 38.0 Å². The molecule has 2 unspecified atom stereocenters. The SMILES string of the molecule is CCC(CN)C(NC)c1ccccc1Br. The molecule has 15 heavy (non-hydrogen) atoms. The lowest BCUT2D eigenvalue weighted by Gasteiger charge is -2.26. The summed E-state index contributed by atoms with van der Waals surface area (Å²) in [7, 11) is 1.99. The van der Waals surface area contributed by atoms with Crippen molar-refractivity contribution in [2.75, 3.05) is 13.6 Å². The van der Waals surface area contributed by atoms with Gasteiger partial charge in [0.15, 0.2) is 0 Å². The fourth-order valence-electron chi connectivity index (χ4n) is 1.91. The molecule has 0 spiro atoms. The van der Waals surface area contributed by atoms with Gasteiger partial charge in [-0.2, -0.15) is 0 Å². The molecular weight excluding hydrogens is 252 g/mol. The Morgan fingerprint density at radius 1 is 1.40 bits per heavy atom. The Hall–Kier alpha value is -0.380. The molecule has 1 aromatic carbocycles. The van der Waals surface area contributed by atoms with Gasteiger partial charge in [-0.25, -0.2) is 0 Å². The van der Waals surface area contributed by atoms with Crippen molar-refractivity contribution in [3.05, 3.63) is 34.3 Å². The summed E-state index contributed by atoms with van der Waals surface area (Å²) in [6.45, 7) is 2.89. The molecule has 2 atom stereocenters. The summed E-state index contributed by atoms with van der Waals surface area (Å²) in [6.07, 6.45) is 1.09. The Balaban J connectivity index is 2.96. The van der Waals surface area contributed by atoms with Crippen LogP contribution < -0.4 is 11.1 Å². The molecule has 0 amide bonds. The summed E-state index contributed by atoms with van der Waals surface area (Å²) in [4.78, 5) is 0. The van der Waals surface area contributed by atoms with Crippen molar-refractivity contribution in [1.82, 2.24) is 5.32 Å². The molecule has 0 saturated carbocycles. The second-order valence-electron chi connectivity index (χ2n) is 3.69. The van der Waals surface area contributed by atoms with E-state index >= 15 is 0 Å². The van der Waals surface area contributed by atoms with Crippen LogP contribution in [0.2, 0.25) is 0 Å². The Kier molecular flexibility index (Phi) is 5.29. The monoisotopic (exact) mass is 270 g/mol. The van der Waals surface area contributed by atoms with Gasteiger partial charge in [-0.1, -0.05) is 47.5 Å². The van der Waals surface area contributed by atoms with Crippen molar-refractivity contribution in [1.29, 1.82) is 0 Å². The lowest BCUT2D eigenvalue weighted by atomic mass is 9.91. The van der Waals surface area contributed by atoms with Crippen molar-refractivity contribution >= 4 is 15.9 Å². The van der Waals surface area contributed by atoms with E-state index in [1.807, 2.05) is 13.1 Å². The number of hydrogen-bond acceptors (Lipinski definition) is 2. The zero-order valence-corrected chi connectivity index (χ0v) is 10.9. The van der Waals surface area contributed by atoms with Gasteiger partial charge in [0.25, 0.3) is 0 Å². The highest BCUT2D eigenvalue weighted by Gasteiger charge is 2.20. The van der Waals surface area contributed by atoms with E-state index in [2.05, 4.69) is 46.4 Å². The number of halogens is 1. The minimum absolute atomic E-state index is 0.329. The van der Waals surface area contributed by atoms with Crippen LogP contribution in [0, 0.1) is 5.92 Å². The van der Waals surface area contributed by atoms with E-state index in [0.717, 1.165) is 10.9 Å². The van der Waals surface area contributed by atoms with E-state index in [4.69, 9.17) is 5.73 Å². The predicted octanol–water partition coefficient (Wildman–Crippen LogP) is 2.69. The third-order valence-electron chi connectivity index (χ3n) is 2.85. The minimum Gasteiger partial charge on any atom is -0.330 e. The largest absolute Gasteiger partial charge is 0.330 e. The lowest BCUT2D eigenvalue weighted by molar-refractivity contribution is 0.377. The quantitative estimate of drug-likeness (QED) is 0.864. The Morgan fingerprint density at radius 2 is 2.07 bits per heavy atom. The van der Waals surface area contributed by atoms with Crippen LogP contribution in [0.3, 0.4) is 0 Å². The van der Waals surface area contributed by atoms with Gasteiger partial charge in [-0.15, -0.1) is 0 Å². The summed E-state index contributed by atoms with van der Waals surface area (Å²) in [5.74, 6) is 0.480. The fourth-order valence-corrected chi connectivity index (χ4v) is 2.44. The van der Waals surface area contributed by atoms with Gasteiger partial charge < -0.3 is 11.1 Å². The van der Waals surface area contributed by atoms with Crippen LogP contribution in [0.1, 0.15) is 24.9 Å². The third-order valence-corrected chi connectivity index (χ3v) is 3.57. The molecule has 2 nitrogen and oxygen atoms in total. The van der Waals surface area contributed by atoms with Crippen molar-refractivity contribution in [3.8, 4) is 0 Å². The van der Waals surface area contributed by atoms with E-state index < -0.39 is 0 Å². The maximum absolute atomic E-state index is 5.79. The fraction of sp³-hybridized carbons (Fsp3) is 0.500. The van der Waals surface area contributed by atoms with Crippen molar-refractivity contribution in [2.45, 2.75) is 19.4 Å². The van der Waals surface area contributed by atoms with Crippen molar-refractivity contribution < 1.29 is 0 Å². The van der Waals surface area contributed by atoms with Gasteiger partial charge in [0, 0.05) is 10.5 Å². The molecule has 0 aromatic heterocycles. The highest BCUT2D eigenvalue weighted by Crippen LogP contribution is 2.29. The molecule has 0 aliphatic rings. The second kappa shape index (κ2) is 6.26. The first-order valence-electron chi connectivity index (χ1n) is 5.36. The average Bonchev–Trinajstić information content (AvgIpc) is 2.27. The molecule has 1 aromatic rings. The molecular formula is C12H19BrN2. The van der Waals surface area contributed by atoms with Crippen LogP contribution in [0.5, 0.6) is 0 Å². The second-order valence-corrected chi connectivity index (χ2v) is 4.55. The van der Waals surface area contributed by atoms with Crippen LogP contribution in [-0.2, 0) is 0 Å². The molecule has 1 rings (SSSR count). The molecule has 3 N–H and O–H groups in total. The Bertz CT molecular complexity index is 297. The predicted molar refractivity (Wildman–Crippen MR) is 68.8 cm³/mol. The highest BCUT2D eigenvalue weighted by molar-refractivity contribution is 9.10. The molecule has 0 fully saturated rings. The van der Waals surface area contributed by atoms with Crippen LogP contribution in [0.25, 0.3) is 0 Å². The van der Waals surface area contributed by atoms with E-state index in [1.165, 1.54) is 5.56 Å². The lowest BCUT2D eigenvalue weighted by Crippen LogP contribution is -2.30. The van der Waals surface area contributed by atoms with Gasteiger partial charge in [0.1, 0.15) is 0 Å². The smallest absolute Gasteiger partial charge is 0.0369 e. The zero-order chi connectivity index (χ0) is 11.3. The Morgan fingerprint density at radius 3 is 2.53 bits per heavy atom. The number of nitrogens with one attached hydrogen (secondary N) is 1. The molecule has 0 saturated heterocycles. The summed E-state index contributed by atoms with van der Waals surface area (Å²) in [5, 5.41) is 3.35. The van der Waals surface area contributed by atoms with Crippen LogP contribution >= 0.6 is 15.9 Å². The first kappa shape index (κ1) is 12.7. The first-order valence-corrected chi connectivity index (χ1v) is 6.15. The first-order chi connectivity index (χ1) is 7.24. The van der Waals surface area contributed by atoms with E-state index in [-0.39, 0.29) is 0 Å². The van der Waals surface area contributed by atoms with Gasteiger partial charge in [-0.05, 0) is 31.1 Å². The number of rotatable bonds is 5. The standard InChI is InChI=1S/C12H19BrN2/c1-3-9(8-14)12(15-2)10-6-4-5-7-11(10)13/h4-7,9,12,15H,3,8,14H2,1-2H3. The maximum Gasteiger partial charge on any atom is 0.0369 e. The third kappa shape index (κ3) is 3.03. The van der Waals surface area contributed by atoms with Crippen LogP contribution in [0.4, 0.5) is 0 Å². The molecule has 0 aliphatic carbocycles. The highest BCUT2D eigenvalue weighted by atomic mass is 79.9. The molecule has 0 heterocycles. The molecule has 0 bridgehead atoms. The molecule has 3 heteroatoms. The maximum atomic E-state index is 5.79. The average molecular weight is 271 g/mol. The normalized spacial score (nSPS) is 14.9. The Labute approximate surface area is 100 Å². The molecule has 84 valence electrons. The van der Waals surface area contributed by atoms with Gasteiger partial charge in [-0.3, -0.25) is 0 Å².